The van der Waals surface area contributed by atoms with Crippen molar-refractivity contribution in [1.82, 2.24) is 5.32 Å². The number of hydrogen-bond acceptors (Lipinski definition) is 4. The highest BCUT2D eigenvalue weighted by Gasteiger charge is 2.20. The van der Waals surface area contributed by atoms with Crippen molar-refractivity contribution in [3.63, 3.8) is 0 Å². The van der Waals surface area contributed by atoms with E-state index in [1.165, 1.54) is 0 Å². The van der Waals surface area contributed by atoms with Crippen molar-refractivity contribution in [2.24, 2.45) is 0 Å². The van der Waals surface area contributed by atoms with E-state index in [1.54, 1.807) is 24.3 Å². The van der Waals surface area contributed by atoms with Gasteiger partial charge in [-0.15, -0.1) is 0 Å². The molecule has 0 amide bonds. The van der Waals surface area contributed by atoms with Crippen molar-refractivity contribution < 1.29 is 19.8 Å². The Morgan fingerprint density at radius 1 is 1.21 bits per heavy atom. The third-order valence-electron chi connectivity index (χ3n) is 2.75. The Balaban J connectivity index is 2.65. The lowest BCUT2D eigenvalue weighted by Crippen LogP contribution is -2.38. The van der Waals surface area contributed by atoms with Crippen LogP contribution in [0, 0.1) is 0 Å². The summed E-state index contributed by atoms with van der Waals surface area (Å²) in [5, 5.41) is 20.4. The van der Waals surface area contributed by atoms with Gasteiger partial charge in [0.1, 0.15) is 0 Å². The predicted octanol–water partition coefficient (Wildman–Crippen LogP) is 1.07. The number of ketones is 1. The minimum absolute atomic E-state index is 0.0399. The van der Waals surface area contributed by atoms with Crippen LogP contribution < -0.4 is 5.32 Å². The molecule has 1 aromatic carbocycles. The maximum atomic E-state index is 12.2. The molecule has 1 rings (SSSR count). The van der Waals surface area contributed by atoms with E-state index in [-0.39, 0.29) is 25.2 Å². The molecule has 0 saturated carbocycles. The number of nitrogens with one attached hydrogen (secondary N) is 1. The normalized spacial score (nSPS) is 12.1. The summed E-state index contributed by atoms with van der Waals surface area (Å²) in [6.07, 6.45) is 0.718. The average molecular weight is 265 g/mol. The molecule has 104 valence electrons. The van der Waals surface area contributed by atoms with Crippen LogP contribution in [-0.4, -0.2) is 41.2 Å². The zero-order valence-corrected chi connectivity index (χ0v) is 10.7. The van der Waals surface area contributed by atoms with Gasteiger partial charge in [0.05, 0.1) is 6.04 Å². The smallest absolute Gasteiger partial charge is 0.303 e. The summed E-state index contributed by atoms with van der Waals surface area (Å²) in [5.41, 5.74) is 0.564. The van der Waals surface area contributed by atoms with Crippen molar-refractivity contribution in [1.29, 1.82) is 0 Å². The highest BCUT2D eigenvalue weighted by atomic mass is 16.4. The van der Waals surface area contributed by atoms with E-state index < -0.39 is 12.0 Å². The number of aliphatic hydroxyl groups excluding tert-OH is 1. The van der Waals surface area contributed by atoms with Crippen LogP contribution in [-0.2, 0) is 4.79 Å². The summed E-state index contributed by atoms with van der Waals surface area (Å²) in [6.45, 7) is 0.525. The molecule has 0 radical (unpaired) electrons. The molecule has 5 nitrogen and oxygen atoms in total. The Bertz CT molecular complexity index is 405. The van der Waals surface area contributed by atoms with E-state index >= 15 is 0 Å². The van der Waals surface area contributed by atoms with Gasteiger partial charge in [-0.1, -0.05) is 30.3 Å². The van der Waals surface area contributed by atoms with Gasteiger partial charge in [0.2, 0.25) is 0 Å². The lowest BCUT2D eigenvalue weighted by Gasteiger charge is -2.16. The molecular weight excluding hydrogens is 246 g/mol. The summed E-state index contributed by atoms with van der Waals surface area (Å²) >= 11 is 0. The predicted molar refractivity (Wildman–Crippen MR) is 71.1 cm³/mol. The molecule has 5 heteroatoms. The van der Waals surface area contributed by atoms with E-state index in [0.29, 0.717) is 18.5 Å². The van der Waals surface area contributed by atoms with Gasteiger partial charge in [0, 0.05) is 18.6 Å². The van der Waals surface area contributed by atoms with Crippen molar-refractivity contribution in [3.05, 3.63) is 35.9 Å². The van der Waals surface area contributed by atoms with Crippen LogP contribution in [0.3, 0.4) is 0 Å². The lowest BCUT2D eigenvalue weighted by atomic mass is 10.00. The molecule has 1 atom stereocenters. The number of aliphatic carboxylic acids is 1. The zero-order chi connectivity index (χ0) is 14.1. The molecule has 1 aromatic rings. The number of carboxylic acids is 1. The quantitative estimate of drug-likeness (QED) is 0.459. The maximum Gasteiger partial charge on any atom is 0.303 e. The van der Waals surface area contributed by atoms with E-state index in [0.717, 1.165) is 0 Å². The third-order valence-corrected chi connectivity index (χ3v) is 2.75. The van der Waals surface area contributed by atoms with E-state index in [1.807, 2.05) is 6.07 Å². The molecule has 0 bridgehead atoms. The molecule has 3 N–H and O–H groups in total. The molecule has 0 aliphatic heterocycles. The number of hydrogen-bond donors (Lipinski definition) is 3. The third kappa shape index (κ3) is 5.63. The largest absolute Gasteiger partial charge is 0.481 e. The summed E-state index contributed by atoms with van der Waals surface area (Å²) in [4.78, 5) is 22.8. The molecular formula is C14H19NO4. The summed E-state index contributed by atoms with van der Waals surface area (Å²) in [5.74, 6) is -1.03. The first-order valence-corrected chi connectivity index (χ1v) is 6.30. The second-order valence-electron chi connectivity index (χ2n) is 4.25. The highest BCUT2D eigenvalue weighted by Crippen LogP contribution is 2.08. The van der Waals surface area contributed by atoms with Crippen molar-refractivity contribution in [2.45, 2.75) is 25.3 Å². The molecule has 0 aromatic heterocycles. The van der Waals surface area contributed by atoms with Crippen LogP contribution in [0.4, 0.5) is 0 Å². The Morgan fingerprint density at radius 2 is 1.89 bits per heavy atom. The lowest BCUT2D eigenvalue weighted by molar-refractivity contribution is -0.137. The number of rotatable bonds is 9. The first-order valence-electron chi connectivity index (χ1n) is 6.30. The van der Waals surface area contributed by atoms with Crippen LogP contribution in [0.2, 0.25) is 0 Å². The van der Waals surface area contributed by atoms with Gasteiger partial charge in [-0.3, -0.25) is 9.59 Å². The topological polar surface area (TPSA) is 86.6 Å². The first kappa shape index (κ1) is 15.3. The van der Waals surface area contributed by atoms with Gasteiger partial charge in [0.15, 0.2) is 5.78 Å². The van der Waals surface area contributed by atoms with E-state index in [9.17, 15) is 9.59 Å². The highest BCUT2D eigenvalue weighted by molar-refractivity contribution is 6.00. The molecule has 0 fully saturated rings. The minimum atomic E-state index is -0.921. The number of carbonyl (C=O) groups excluding carboxylic acids is 1. The average Bonchev–Trinajstić information content (AvgIpc) is 2.42. The minimum Gasteiger partial charge on any atom is -0.481 e. The maximum absolute atomic E-state index is 12.2. The Kier molecular flexibility index (Phi) is 6.78. The first-order chi connectivity index (χ1) is 9.15. The van der Waals surface area contributed by atoms with Gasteiger partial charge in [-0.05, 0) is 19.4 Å². The van der Waals surface area contributed by atoms with Crippen molar-refractivity contribution >= 4 is 11.8 Å². The van der Waals surface area contributed by atoms with E-state index in [2.05, 4.69) is 5.32 Å². The molecule has 1 unspecified atom stereocenters. The van der Waals surface area contributed by atoms with Gasteiger partial charge in [-0.2, -0.15) is 0 Å². The van der Waals surface area contributed by atoms with Gasteiger partial charge in [-0.25, -0.2) is 0 Å². The zero-order valence-electron chi connectivity index (χ0n) is 10.7. The monoisotopic (exact) mass is 265 g/mol. The molecule has 0 aliphatic carbocycles. The second kappa shape index (κ2) is 8.39. The Hall–Kier alpha value is -1.72. The van der Waals surface area contributed by atoms with Crippen LogP contribution in [0.25, 0.3) is 0 Å². The van der Waals surface area contributed by atoms with Crippen LogP contribution in [0.5, 0.6) is 0 Å². The summed E-state index contributed by atoms with van der Waals surface area (Å²) in [7, 11) is 0. The molecule has 0 spiro atoms. The van der Waals surface area contributed by atoms with Crippen molar-refractivity contribution in [2.75, 3.05) is 13.2 Å². The fourth-order valence-electron chi connectivity index (χ4n) is 1.75. The van der Waals surface area contributed by atoms with Crippen LogP contribution in [0.15, 0.2) is 30.3 Å². The number of Topliss-reactive ketones (excluding diaryl/α,β-unsaturated/α-hetero) is 1. The van der Waals surface area contributed by atoms with Gasteiger partial charge in [0.25, 0.3) is 0 Å². The van der Waals surface area contributed by atoms with Crippen LogP contribution in [0.1, 0.15) is 29.6 Å². The number of carboxylic acid groups (broad SMARTS) is 1. The molecule has 0 aliphatic rings. The Morgan fingerprint density at radius 3 is 2.47 bits per heavy atom. The Labute approximate surface area is 112 Å². The number of carbonyl (C=O) groups is 2. The summed E-state index contributed by atoms with van der Waals surface area (Å²) < 4.78 is 0. The van der Waals surface area contributed by atoms with Crippen LogP contribution >= 0.6 is 0 Å². The SMILES string of the molecule is O=C(O)CCC(NCCCO)C(=O)c1ccccc1. The van der Waals surface area contributed by atoms with Crippen molar-refractivity contribution in [3.8, 4) is 0 Å². The fraction of sp³-hybridized carbons (Fsp3) is 0.429. The molecule has 19 heavy (non-hydrogen) atoms. The number of aliphatic hydroxyl groups is 1. The standard InChI is InChI=1S/C14H19NO4/c16-10-4-9-15-12(7-8-13(17)18)14(19)11-5-2-1-3-6-11/h1-3,5-6,12,15-16H,4,7-10H2,(H,17,18). The molecule has 0 heterocycles. The second-order valence-corrected chi connectivity index (χ2v) is 4.25. The summed E-state index contributed by atoms with van der Waals surface area (Å²) in [6, 6.07) is 8.27. The fourth-order valence-corrected chi connectivity index (χ4v) is 1.75. The number of benzene rings is 1. The van der Waals surface area contributed by atoms with Gasteiger partial charge >= 0.3 is 5.97 Å². The van der Waals surface area contributed by atoms with E-state index in [4.69, 9.17) is 10.2 Å². The molecule has 0 saturated heterocycles. The van der Waals surface area contributed by atoms with Gasteiger partial charge < -0.3 is 15.5 Å².